The fourth-order valence-electron chi connectivity index (χ4n) is 3.49. The van der Waals surface area contributed by atoms with Gasteiger partial charge in [-0.1, -0.05) is 121 Å². The molecule has 0 heterocycles. The summed E-state index contributed by atoms with van der Waals surface area (Å²) in [5.74, 6) is -2.17. The number of hydrogen-bond acceptors (Lipinski definition) is 2. The summed E-state index contributed by atoms with van der Waals surface area (Å²) in [4.78, 5) is 22.5. The van der Waals surface area contributed by atoms with Crippen LogP contribution in [0.5, 0.6) is 0 Å². The number of carboxylic acid groups (broad SMARTS) is 2. The first-order valence-corrected chi connectivity index (χ1v) is 10.9. The van der Waals surface area contributed by atoms with Gasteiger partial charge in [-0.3, -0.25) is 4.79 Å². The van der Waals surface area contributed by atoms with Crippen LogP contribution in [0.25, 0.3) is 11.6 Å². The molecule has 2 N–H and O–H groups in total. The molecule has 0 aliphatic heterocycles. The van der Waals surface area contributed by atoms with Gasteiger partial charge in [0.25, 0.3) is 0 Å². The average Bonchev–Trinajstić information content (AvgIpc) is 2.88. The Labute approximate surface area is 199 Å². The second kappa shape index (κ2) is 12.6. The lowest BCUT2D eigenvalue weighted by atomic mass is 9.92. The van der Waals surface area contributed by atoms with Crippen LogP contribution in [0, 0.1) is 0 Å². The number of aliphatic carboxylic acids is 2. The second-order valence-electron chi connectivity index (χ2n) is 7.63. The zero-order chi connectivity index (χ0) is 24.2. The summed E-state index contributed by atoms with van der Waals surface area (Å²) < 4.78 is 0. The highest BCUT2D eigenvalue weighted by Crippen LogP contribution is 2.21. The molecule has 0 aliphatic carbocycles. The zero-order valence-electron chi connectivity index (χ0n) is 18.6. The van der Waals surface area contributed by atoms with E-state index in [-0.39, 0.29) is 0 Å². The number of rotatable bonds is 7. The molecule has 0 bridgehead atoms. The molecular weight excluding hydrogens is 424 g/mol. The minimum absolute atomic E-state index is 0.303. The Hall–Kier alpha value is -4.44. The third-order valence-corrected chi connectivity index (χ3v) is 5.21. The number of benzene rings is 4. The van der Waals surface area contributed by atoms with Crippen LogP contribution in [0.15, 0.2) is 121 Å². The molecule has 4 rings (SSSR count). The first-order chi connectivity index (χ1) is 16.5. The van der Waals surface area contributed by atoms with Gasteiger partial charge in [0.1, 0.15) is 0 Å². The molecule has 1 atom stereocenters. The molecule has 0 radical (unpaired) electrons. The van der Waals surface area contributed by atoms with Crippen LogP contribution < -0.4 is 0 Å². The molecule has 4 nitrogen and oxygen atoms in total. The van der Waals surface area contributed by atoms with Crippen molar-refractivity contribution in [3.8, 4) is 0 Å². The summed E-state index contributed by atoms with van der Waals surface area (Å²) in [5.41, 5.74) is 3.79. The molecular formula is C30H26O4. The standard InChI is InChI=1S/C15H14O2.C15H12O2/c2*16-15(17)14(13-9-5-2-6-10-13)11-12-7-3-1-4-8-12/h1-10,14H,11H2,(H,16,17);1-11H,(H,16,17)/b;14-11+. The quantitative estimate of drug-likeness (QED) is 0.252. The molecule has 0 aromatic heterocycles. The molecule has 4 heteroatoms. The van der Waals surface area contributed by atoms with E-state index in [0.717, 1.165) is 16.7 Å². The van der Waals surface area contributed by atoms with Crippen LogP contribution in [0.2, 0.25) is 0 Å². The van der Waals surface area contributed by atoms with Crippen molar-refractivity contribution in [2.24, 2.45) is 0 Å². The first kappa shape index (κ1) is 24.2. The van der Waals surface area contributed by atoms with Gasteiger partial charge in [0.2, 0.25) is 0 Å². The predicted octanol–water partition coefficient (Wildman–Crippen LogP) is 6.41. The van der Waals surface area contributed by atoms with Gasteiger partial charge in [-0.25, -0.2) is 4.79 Å². The highest BCUT2D eigenvalue weighted by Gasteiger charge is 2.19. The smallest absolute Gasteiger partial charge is 0.336 e. The summed E-state index contributed by atoms with van der Waals surface area (Å²) in [6, 6.07) is 37.6. The SMILES string of the molecule is O=C(O)/C(=C/c1ccccc1)c1ccccc1.O=C(O)C(Cc1ccccc1)c1ccccc1. The lowest BCUT2D eigenvalue weighted by Crippen LogP contribution is -2.14. The van der Waals surface area contributed by atoms with Crippen LogP contribution in [-0.2, 0) is 16.0 Å². The van der Waals surface area contributed by atoms with Crippen LogP contribution in [0.1, 0.15) is 28.2 Å². The van der Waals surface area contributed by atoms with Crippen molar-refractivity contribution in [2.45, 2.75) is 12.3 Å². The van der Waals surface area contributed by atoms with E-state index in [9.17, 15) is 19.8 Å². The number of carboxylic acids is 2. The van der Waals surface area contributed by atoms with Gasteiger partial charge >= 0.3 is 11.9 Å². The van der Waals surface area contributed by atoms with Gasteiger partial charge in [0.05, 0.1) is 11.5 Å². The monoisotopic (exact) mass is 450 g/mol. The number of carbonyl (C=O) groups is 2. The summed E-state index contributed by atoms with van der Waals surface area (Å²) >= 11 is 0. The van der Waals surface area contributed by atoms with Gasteiger partial charge in [0.15, 0.2) is 0 Å². The van der Waals surface area contributed by atoms with Crippen molar-refractivity contribution < 1.29 is 19.8 Å². The van der Waals surface area contributed by atoms with E-state index in [0.29, 0.717) is 17.6 Å². The molecule has 170 valence electrons. The molecule has 4 aromatic rings. The maximum Gasteiger partial charge on any atom is 0.336 e. The van der Waals surface area contributed by atoms with Crippen molar-refractivity contribution in [3.05, 3.63) is 144 Å². The maximum atomic E-state index is 11.3. The van der Waals surface area contributed by atoms with Gasteiger partial charge in [-0.15, -0.1) is 0 Å². The fraction of sp³-hybridized carbons (Fsp3) is 0.0667. The second-order valence-corrected chi connectivity index (χ2v) is 7.63. The van der Waals surface area contributed by atoms with E-state index >= 15 is 0 Å². The van der Waals surface area contributed by atoms with E-state index in [2.05, 4.69) is 0 Å². The first-order valence-electron chi connectivity index (χ1n) is 10.9. The highest BCUT2D eigenvalue weighted by atomic mass is 16.4. The minimum Gasteiger partial charge on any atom is -0.481 e. The van der Waals surface area contributed by atoms with Gasteiger partial charge < -0.3 is 10.2 Å². The molecule has 34 heavy (non-hydrogen) atoms. The Bertz CT molecular complexity index is 1200. The van der Waals surface area contributed by atoms with Crippen molar-refractivity contribution in [1.29, 1.82) is 0 Å². The minimum atomic E-state index is -0.917. The van der Waals surface area contributed by atoms with Crippen molar-refractivity contribution in [3.63, 3.8) is 0 Å². The Morgan fingerprint density at radius 2 is 1.12 bits per heavy atom. The molecule has 4 aromatic carbocycles. The van der Waals surface area contributed by atoms with Crippen LogP contribution in [-0.4, -0.2) is 22.2 Å². The van der Waals surface area contributed by atoms with Crippen molar-refractivity contribution in [1.82, 2.24) is 0 Å². The molecule has 0 amide bonds. The highest BCUT2D eigenvalue weighted by molar-refractivity contribution is 6.20. The summed E-state index contributed by atoms with van der Waals surface area (Å²) in [5, 5.41) is 18.5. The predicted molar refractivity (Wildman–Crippen MR) is 135 cm³/mol. The topological polar surface area (TPSA) is 74.6 Å². The molecule has 0 saturated carbocycles. The molecule has 0 saturated heterocycles. The molecule has 1 unspecified atom stereocenters. The molecule has 0 aliphatic rings. The van der Waals surface area contributed by atoms with E-state index in [4.69, 9.17) is 0 Å². The lowest BCUT2D eigenvalue weighted by molar-refractivity contribution is -0.138. The van der Waals surface area contributed by atoms with Gasteiger partial charge in [-0.2, -0.15) is 0 Å². The zero-order valence-corrected chi connectivity index (χ0v) is 18.6. The Morgan fingerprint density at radius 1 is 0.647 bits per heavy atom. The molecule has 0 spiro atoms. The Balaban J connectivity index is 0.000000191. The van der Waals surface area contributed by atoms with E-state index < -0.39 is 17.9 Å². The lowest BCUT2D eigenvalue weighted by Gasteiger charge is -2.12. The van der Waals surface area contributed by atoms with Crippen LogP contribution in [0.4, 0.5) is 0 Å². The molecule has 0 fully saturated rings. The van der Waals surface area contributed by atoms with E-state index in [1.807, 2.05) is 109 Å². The van der Waals surface area contributed by atoms with Crippen LogP contribution in [0.3, 0.4) is 0 Å². The summed E-state index contributed by atoms with van der Waals surface area (Å²) in [6.45, 7) is 0. The fourth-order valence-corrected chi connectivity index (χ4v) is 3.49. The van der Waals surface area contributed by atoms with Gasteiger partial charge in [-0.05, 0) is 34.8 Å². The largest absolute Gasteiger partial charge is 0.481 e. The normalized spacial score (nSPS) is 11.6. The Kier molecular flexibility index (Phi) is 8.94. The van der Waals surface area contributed by atoms with Crippen molar-refractivity contribution in [2.75, 3.05) is 0 Å². The number of hydrogen-bond donors (Lipinski definition) is 2. The van der Waals surface area contributed by atoms with Crippen LogP contribution >= 0.6 is 0 Å². The van der Waals surface area contributed by atoms with E-state index in [1.54, 1.807) is 18.2 Å². The average molecular weight is 451 g/mol. The maximum absolute atomic E-state index is 11.3. The third kappa shape index (κ3) is 7.31. The third-order valence-electron chi connectivity index (χ3n) is 5.21. The van der Waals surface area contributed by atoms with E-state index in [1.165, 1.54) is 0 Å². The summed E-state index contributed by atoms with van der Waals surface area (Å²) in [6.07, 6.45) is 2.21. The van der Waals surface area contributed by atoms with Gasteiger partial charge in [0, 0.05) is 0 Å². The van der Waals surface area contributed by atoms with Crippen molar-refractivity contribution >= 4 is 23.6 Å². The Morgan fingerprint density at radius 3 is 1.62 bits per heavy atom. The summed E-state index contributed by atoms with van der Waals surface area (Å²) in [7, 11) is 0.